The van der Waals surface area contributed by atoms with Crippen LogP contribution in [-0.4, -0.2) is 31.1 Å². The summed E-state index contributed by atoms with van der Waals surface area (Å²) in [4.78, 5) is 2.41. The van der Waals surface area contributed by atoms with Crippen molar-refractivity contribution in [1.82, 2.24) is 10.2 Å². The first-order valence-electron chi connectivity index (χ1n) is 6.96. The molecular weight excluding hydrogens is 263 g/mol. The Morgan fingerprint density at radius 3 is 2.95 bits per heavy atom. The smallest absolute Gasteiger partial charge is 0.124 e. The number of hydrogen-bond acceptors (Lipinski definition) is 2. The summed E-state index contributed by atoms with van der Waals surface area (Å²) < 4.78 is 13.0. The second-order valence-corrected chi connectivity index (χ2v) is 5.83. The zero-order valence-corrected chi connectivity index (χ0v) is 12.4. The Kier molecular flexibility index (Phi) is 5.20. The van der Waals surface area contributed by atoms with Gasteiger partial charge in [-0.2, -0.15) is 0 Å². The van der Waals surface area contributed by atoms with Gasteiger partial charge in [-0.05, 0) is 51.1 Å². The van der Waals surface area contributed by atoms with Gasteiger partial charge < -0.3 is 10.2 Å². The van der Waals surface area contributed by atoms with Crippen LogP contribution in [0.5, 0.6) is 0 Å². The molecule has 2 atom stereocenters. The molecule has 1 aromatic rings. The first kappa shape index (κ1) is 14.8. The summed E-state index contributed by atoms with van der Waals surface area (Å²) in [5.41, 5.74) is 0.960. The fraction of sp³-hybridized carbons (Fsp3) is 0.600. The molecule has 0 aliphatic carbocycles. The van der Waals surface area contributed by atoms with E-state index in [4.69, 9.17) is 11.6 Å². The molecular formula is C15H22ClFN2. The average Bonchev–Trinajstić information content (AvgIpc) is 2.37. The minimum absolute atomic E-state index is 0.142. The van der Waals surface area contributed by atoms with Crippen molar-refractivity contribution < 1.29 is 4.39 Å². The topological polar surface area (TPSA) is 15.3 Å². The van der Waals surface area contributed by atoms with E-state index >= 15 is 0 Å². The first-order chi connectivity index (χ1) is 9.08. The molecule has 0 spiro atoms. The lowest BCUT2D eigenvalue weighted by molar-refractivity contribution is 0.178. The zero-order valence-electron chi connectivity index (χ0n) is 11.6. The highest BCUT2D eigenvalue weighted by molar-refractivity contribution is 6.31. The second kappa shape index (κ2) is 6.69. The number of nitrogens with one attached hydrogen (secondary N) is 1. The molecule has 1 saturated heterocycles. The van der Waals surface area contributed by atoms with E-state index < -0.39 is 0 Å². The monoisotopic (exact) mass is 284 g/mol. The van der Waals surface area contributed by atoms with Crippen LogP contribution in [0.4, 0.5) is 4.39 Å². The Balaban J connectivity index is 1.91. The molecule has 2 unspecified atom stereocenters. The van der Waals surface area contributed by atoms with Crippen LogP contribution in [0.3, 0.4) is 0 Å². The molecule has 1 aliphatic rings. The van der Waals surface area contributed by atoms with Gasteiger partial charge in [0.05, 0.1) is 0 Å². The van der Waals surface area contributed by atoms with Crippen molar-refractivity contribution in [3.05, 3.63) is 34.6 Å². The first-order valence-corrected chi connectivity index (χ1v) is 7.34. The maximum absolute atomic E-state index is 13.0. The Morgan fingerprint density at radius 2 is 2.26 bits per heavy atom. The predicted molar refractivity (Wildman–Crippen MR) is 78.1 cm³/mol. The van der Waals surface area contributed by atoms with Gasteiger partial charge in [0, 0.05) is 23.7 Å². The van der Waals surface area contributed by atoms with E-state index in [1.54, 1.807) is 6.07 Å². The van der Waals surface area contributed by atoms with Crippen molar-refractivity contribution in [3.63, 3.8) is 0 Å². The summed E-state index contributed by atoms with van der Waals surface area (Å²) >= 11 is 6.08. The standard InChI is InChI=1S/C15H22ClFN2/c1-11(14-7-6-12(17)9-15(14)16)18-10-13-5-3-4-8-19(13)2/h6-7,9,11,13,18H,3-5,8,10H2,1-2H3. The van der Waals surface area contributed by atoms with Gasteiger partial charge in [-0.25, -0.2) is 4.39 Å². The summed E-state index contributed by atoms with van der Waals surface area (Å²) in [5, 5.41) is 4.01. The number of halogens is 2. The van der Waals surface area contributed by atoms with Gasteiger partial charge in [0.2, 0.25) is 0 Å². The molecule has 0 saturated carbocycles. The van der Waals surface area contributed by atoms with Crippen molar-refractivity contribution in [2.24, 2.45) is 0 Å². The van der Waals surface area contributed by atoms with Gasteiger partial charge >= 0.3 is 0 Å². The lowest BCUT2D eigenvalue weighted by atomic mass is 10.0. The van der Waals surface area contributed by atoms with E-state index in [9.17, 15) is 4.39 Å². The van der Waals surface area contributed by atoms with Crippen LogP contribution in [-0.2, 0) is 0 Å². The molecule has 2 rings (SSSR count). The normalized spacial score (nSPS) is 22.4. The molecule has 0 amide bonds. The third kappa shape index (κ3) is 3.91. The van der Waals surface area contributed by atoms with Crippen LogP contribution in [0.2, 0.25) is 5.02 Å². The molecule has 1 aliphatic heterocycles. The van der Waals surface area contributed by atoms with Gasteiger partial charge in [0.1, 0.15) is 5.82 Å². The largest absolute Gasteiger partial charge is 0.309 e. The van der Waals surface area contributed by atoms with E-state index in [2.05, 4.69) is 24.2 Å². The SMILES string of the molecule is CC(NCC1CCCCN1C)c1ccc(F)cc1Cl. The number of likely N-dealkylation sites (N-methyl/N-ethyl adjacent to an activating group) is 1. The summed E-state index contributed by atoms with van der Waals surface area (Å²) in [6, 6.07) is 5.34. The van der Waals surface area contributed by atoms with Crippen molar-refractivity contribution in [2.45, 2.75) is 38.3 Å². The van der Waals surface area contributed by atoms with Crippen LogP contribution in [0.25, 0.3) is 0 Å². The van der Waals surface area contributed by atoms with E-state index in [0.29, 0.717) is 11.1 Å². The van der Waals surface area contributed by atoms with Gasteiger partial charge in [0.15, 0.2) is 0 Å². The van der Waals surface area contributed by atoms with Gasteiger partial charge in [-0.15, -0.1) is 0 Å². The maximum atomic E-state index is 13.0. The number of piperidine rings is 1. The third-order valence-corrected chi connectivity index (χ3v) is 4.34. The lowest BCUT2D eigenvalue weighted by Crippen LogP contribution is -2.43. The molecule has 1 aromatic carbocycles. The maximum Gasteiger partial charge on any atom is 0.124 e. The molecule has 0 radical (unpaired) electrons. The summed E-state index contributed by atoms with van der Waals surface area (Å²) in [5.74, 6) is -0.284. The van der Waals surface area contributed by atoms with Crippen LogP contribution < -0.4 is 5.32 Å². The molecule has 2 nitrogen and oxygen atoms in total. The fourth-order valence-electron chi connectivity index (χ4n) is 2.68. The molecule has 0 bridgehead atoms. The molecule has 1 N–H and O–H groups in total. The van der Waals surface area contributed by atoms with Crippen LogP contribution >= 0.6 is 11.6 Å². The quantitative estimate of drug-likeness (QED) is 0.908. The van der Waals surface area contributed by atoms with Crippen LogP contribution in [0, 0.1) is 5.82 Å². The minimum Gasteiger partial charge on any atom is -0.309 e. The highest BCUT2D eigenvalue weighted by atomic mass is 35.5. The molecule has 0 aromatic heterocycles. The molecule has 1 fully saturated rings. The van der Waals surface area contributed by atoms with E-state index in [1.807, 2.05) is 0 Å². The molecule has 1 heterocycles. The van der Waals surface area contributed by atoms with Gasteiger partial charge in [-0.1, -0.05) is 24.1 Å². The number of benzene rings is 1. The number of likely N-dealkylation sites (tertiary alicyclic amines) is 1. The molecule has 4 heteroatoms. The van der Waals surface area contributed by atoms with Crippen molar-refractivity contribution in [3.8, 4) is 0 Å². The fourth-order valence-corrected chi connectivity index (χ4v) is 3.01. The summed E-state index contributed by atoms with van der Waals surface area (Å²) in [6.07, 6.45) is 3.85. The third-order valence-electron chi connectivity index (χ3n) is 4.01. The predicted octanol–water partition coefficient (Wildman–Crippen LogP) is 3.61. The highest BCUT2D eigenvalue weighted by Gasteiger charge is 2.19. The average molecular weight is 285 g/mol. The van der Waals surface area contributed by atoms with E-state index in [0.717, 1.165) is 12.1 Å². The Hall–Kier alpha value is -0.640. The zero-order chi connectivity index (χ0) is 13.8. The van der Waals surface area contributed by atoms with Crippen LogP contribution in [0.1, 0.15) is 37.8 Å². The van der Waals surface area contributed by atoms with E-state index in [-0.39, 0.29) is 11.9 Å². The lowest BCUT2D eigenvalue weighted by Gasteiger charge is -2.33. The minimum atomic E-state index is -0.284. The molecule has 106 valence electrons. The number of hydrogen-bond donors (Lipinski definition) is 1. The summed E-state index contributed by atoms with van der Waals surface area (Å²) in [6.45, 7) is 4.20. The van der Waals surface area contributed by atoms with Crippen molar-refractivity contribution in [1.29, 1.82) is 0 Å². The number of nitrogens with zero attached hydrogens (tertiary/aromatic N) is 1. The van der Waals surface area contributed by atoms with Crippen molar-refractivity contribution >= 4 is 11.6 Å². The van der Waals surface area contributed by atoms with E-state index in [1.165, 1.54) is 37.9 Å². The van der Waals surface area contributed by atoms with Crippen molar-refractivity contribution in [2.75, 3.05) is 20.1 Å². The summed E-state index contributed by atoms with van der Waals surface area (Å²) in [7, 11) is 2.18. The van der Waals surface area contributed by atoms with Crippen LogP contribution in [0.15, 0.2) is 18.2 Å². The van der Waals surface area contributed by atoms with Gasteiger partial charge in [-0.3, -0.25) is 0 Å². The molecule has 19 heavy (non-hydrogen) atoms. The Bertz CT molecular complexity index is 425. The second-order valence-electron chi connectivity index (χ2n) is 5.43. The van der Waals surface area contributed by atoms with Gasteiger partial charge in [0.25, 0.3) is 0 Å². The highest BCUT2D eigenvalue weighted by Crippen LogP contribution is 2.24. The number of rotatable bonds is 4. The Morgan fingerprint density at radius 1 is 1.47 bits per heavy atom. The Labute approximate surface area is 119 Å².